The van der Waals surface area contributed by atoms with Crippen LogP contribution in [0.2, 0.25) is 0 Å². The molecule has 0 unspecified atom stereocenters. The van der Waals surface area contributed by atoms with Crippen LogP contribution in [0.4, 0.5) is 0 Å². The Morgan fingerprint density at radius 3 is 1.40 bits per heavy atom. The number of benzene rings is 8. The van der Waals surface area contributed by atoms with Crippen molar-refractivity contribution in [3.05, 3.63) is 212 Å². The third-order valence-corrected chi connectivity index (χ3v) is 24.6. The number of fused-ring (bicyclic) bond motifs is 4. The molecule has 6 amide bonds. The average Bonchev–Trinajstić information content (AvgIpc) is 1.67. The van der Waals surface area contributed by atoms with Gasteiger partial charge in [-0.2, -0.15) is 0 Å². The topological polar surface area (TPSA) is 249 Å². The van der Waals surface area contributed by atoms with Crippen molar-refractivity contribution in [1.29, 1.82) is 0 Å². The number of aldehydes is 1. The molecule has 0 bridgehead atoms. The molecule has 8 heterocycles. The molecule has 0 saturated carbocycles. The number of rotatable bonds is 25. The molecule has 16 rings (SSSR count). The highest BCUT2D eigenvalue weighted by Gasteiger charge is 2.41. The van der Waals surface area contributed by atoms with Crippen molar-refractivity contribution >= 4 is 116 Å². The lowest BCUT2D eigenvalue weighted by atomic mass is 10.0. The van der Waals surface area contributed by atoms with Crippen molar-refractivity contribution in [2.75, 3.05) is 85.2 Å². The number of imide groups is 2. The molecule has 4 fully saturated rings. The molecule has 0 aliphatic carbocycles. The number of carbonyl (C=O) groups is 7. The van der Waals surface area contributed by atoms with Crippen molar-refractivity contribution in [2.45, 2.75) is 102 Å². The van der Waals surface area contributed by atoms with Crippen molar-refractivity contribution in [3.8, 4) is 66.9 Å². The van der Waals surface area contributed by atoms with Gasteiger partial charge in [-0.25, -0.2) is 0 Å². The van der Waals surface area contributed by atoms with E-state index >= 15 is 0 Å². The minimum Gasteiger partial charge on any atom is -0.508 e. The molecule has 2 aromatic heterocycles. The van der Waals surface area contributed by atoms with Gasteiger partial charge < -0.3 is 63.8 Å². The Labute approximate surface area is 681 Å². The second kappa shape index (κ2) is 37.9. The highest BCUT2D eigenvalue weighted by atomic mass is 79.9. The minimum atomic E-state index is -0.585. The molecular formula is C88H90Br2N8O13S2. The van der Waals surface area contributed by atoms with Crippen LogP contribution >= 0.6 is 54.5 Å². The van der Waals surface area contributed by atoms with E-state index < -0.39 is 12.1 Å². The van der Waals surface area contributed by atoms with Gasteiger partial charge >= 0.3 is 0 Å². The molecule has 113 heavy (non-hydrogen) atoms. The van der Waals surface area contributed by atoms with Crippen molar-refractivity contribution in [2.24, 2.45) is 0 Å². The van der Waals surface area contributed by atoms with E-state index in [-0.39, 0.29) is 59.8 Å². The Morgan fingerprint density at radius 2 is 0.920 bits per heavy atom. The zero-order valence-electron chi connectivity index (χ0n) is 62.7. The number of carbonyl (C=O) groups excluding carboxylic acids is 7. The van der Waals surface area contributed by atoms with E-state index in [1.165, 1.54) is 17.5 Å². The number of hydrogen-bond donors (Lipinski definition) is 5. The smallest absolute Gasteiger partial charge is 0.255 e. The summed E-state index contributed by atoms with van der Waals surface area (Å²) in [4.78, 5) is 96.4. The lowest BCUT2D eigenvalue weighted by Crippen LogP contribution is -2.52. The number of aromatic hydroxyl groups is 2. The first kappa shape index (κ1) is 79.8. The summed E-state index contributed by atoms with van der Waals surface area (Å²) in [5, 5.41) is 30.0. The zero-order chi connectivity index (χ0) is 78.3. The zero-order valence-corrected chi connectivity index (χ0v) is 67.5. The Bertz CT molecular complexity index is 5070. The Morgan fingerprint density at radius 1 is 0.469 bits per heavy atom. The quantitative estimate of drug-likeness (QED) is 0.0203. The Balaban J connectivity index is 0.000000156. The summed E-state index contributed by atoms with van der Waals surface area (Å²) in [6.07, 6.45) is 9.66. The molecule has 6 aliphatic heterocycles. The van der Waals surface area contributed by atoms with Gasteiger partial charge in [-0.05, 0) is 245 Å². The second-order valence-electron chi connectivity index (χ2n) is 29.0. The number of ether oxygens (including phenoxy) is 4. The third kappa shape index (κ3) is 20.4. The van der Waals surface area contributed by atoms with Crippen LogP contribution < -0.4 is 34.9 Å². The normalized spacial score (nSPS) is 17.5. The summed E-state index contributed by atoms with van der Waals surface area (Å²) in [6.45, 7) is 13.6. The van der Waals surface area contributed by atoms with Gasteiger partial charge in [0.25, 0.3) is 11.8 Å². The van der Waals surface area contributed by atoms with Crippen LogP contribution in [-0.2, 0) is 49.9 Å². The number of halogens is 2. The van der Waals surface area contributed by atoms with Gasteiger partial charge in [0.05, 0.1) is 23.0 Å². The van der Waals surface area contributed by atoms with Gasteiger partial charge in [-0.15, -0.1) is 22.7 Å². The van der Waals surface area contributed by atoms with E-state index in [0.717, 1.165) is 200 Å². The summed E-state index contributed by atoms with van der Waals surface area (Å²) in [6, 6.07) is 53.1. The molecule has 21 nitrogen and oxygen atoms in total. The highest BCUT2D eigenvalue weighted by Crippen LogP contribution is 2.49. The van der Waals surface area contributed by atoms with Gasteiger partial charge in [-0.1, -0.05) is 80.4 Å². The number of phenolic OH excluding ortho intramolecular Hbond substituents is 2. The molecule has 0 spiro atoms. The first-order valence-corrected chi connectivity index (χ1v) is 41.9. The maximum absolute atomic E-state index is 13.1. The molecule has 586 valence electrons. The number of hydrogen-bond acceptors (Lipinski definition) is 19. The van der Waals surface area contributed by atoms with Crippen LogP contribution in [0.5, 0.6) is 46.0 Å². The number of amides is 6. The van der Waals surface area contributed by atoms with Crippen LogP contribution in [0, 0.1) is 0 Å². The fraction of sp³-hybridized carbons (Fsp3) is 0.330. The molecule has 6 aliphatic rings. The maximum Gasteiger partial charge on any atom is 0.255 e. The van der Waals surface area contributed by atoms with Crippen LogP contribution in [0.15, 0.2) is 179 Å². The summed E-state index contributed by atoms with van der Waals surface area (Å²) in [5.74, 6) is 3.48. The molecule has 8 aromatic carbocycles. The summed E-state index contributed by atoms with van der Waals surface area (Å²) in [5.41, 5.74) is 7.82. The summed E-state index contributed by atoms with van der Waals surface area (Å²) in [7, 11) is 0. The van der Waals surface area contributed by atoms with Gasteiger partial charge in [0.15, 0.2) is 11.5 Å². The van der Waals surface area contributed by atoms with Crippen LogP contribution in [0.25, 0.3) is 41.1 Å². The SMILES string of the molecule is O=C1CC[C@H](N2Cc3cc(CCN4CCCN(CCCCOc5ccc(Oc6c(-c7ccc(Br)cc7)sc7cc(O)ccc67)cc5)CC4)ccc3C2=O)C(=O)N1.O=C1CC[C@H](N2Cc3cc(CCN4CCCNCC4)ccc3C2=O)C(=O)N1.O=CCCCOc1ccc(Oc2c(-c3ccc(Br)cc3)sc3cc(O)ccc23)cc1. The summed E-state index contributed by atoms with van der Waals surface area (Å²) < 4.78 is 28.5. The Hall–Kier alpha value is -9.83. The Kier molecular flexibility index (Phi) is 26.7. The van der Waals surface area contributed by atoms with Gasteiger partial charge in [0.2, 0.25) is 23.6 Å². The molecule has 25 heteroatoms. The first-order valence-electron chi connectivity index (χ1n) is 38.7. The molecule has 0 radical (unpaired) electrons. The van der Waals surface area contributed by atoms with E-state index in [4.69, 9.17) is 18.9 Å². The van der Waals surface area contributed by atoms with Gasteiger partial charge in [-0.3, -0.25) is 39.4 Å². The van der Waals surface area contributed by atoms with E-state index in [1.54, 1.807) is 56.7 Å². The number of phenols is 2. The highest BCUT2D eigenvalue weighted by molar-refractivity contribution is 9.10. The lowest BCUT2D eigenvalue weighted by Gasteiger charge is -2.29. The number of nitrogens with one attached hydrogen (secondary N) is 3. The van der Waals surface area contributed by atoms with E-state index in [2.05, 4.69) is 86.8 Å². The van der Waals surface area contributed by atoms with Crippen molar-refractivity contribution in [3.63, 3.8) is 0 Å². The van der Waals surface area contributed by atoms with Crippen molar-refractivity contribution in [1.82, 2.24) is 40.4 Å². The standard InChI is InChI=1S/C44H45BrN4O6S.C24H19BrO4S.C20H26N4O3/c45-32-7-5-30(6-8-32)42-41(37-15-9-33(50)27-39(37)56-42)55-35-12-10-34(11-13-35)54-25-2-1-19-47-20-3-21-48(24-23-47)22-18-29-4-14-36-31(26-29)28-49(44(36)53)38-16-17-40(51)46-43(38)52;25-17-5-3-16(4-6-17)24-23(21-12-7-18(27)15-22(21)30-24)29-20-10-8-19(9-11-20)28-14-2-1-13-26;25-18-5-4-17(19(26)22-18)24-13-15-12-14(2-3-16(15)20(24)27)6-10-23-9-1-7-21-8-11-23/h4-15,26-27,38,50H,1-3,16-25,28H2,(H,46,51,52);3-13,15,27H,1-2,14H2;2-3,12,17,21H,1,4-11,13H2,(H,22,25,26)/t38-;;17-/m0.0/s1. The maximum atomic E-state index is 13.1. The van der Waals surface area contributed by atoms with Gasteiger partial charge in [0, 0.05) is 112 Å². The van der Waals surface area contributed by atoms with E-state index in [0.29, 0.717) is 68.9 Å². The third-order valence-electron chi connectivity index (χ3n) is 21.2. The predicted molar refractivity (Wildman–Crippen MR) is 446 cm³/mol. The molecule has 10 aromatic rings. The van der Waals surface area contributed by atoms with E-state index in [1.807, 2.05) is 121 Å². The molecule has 5 N–H and O–H groups in total. The second-order valence-corrected chi connectivity index (χ2v) is 33.0. The van der Waals surface area contributed by atoms with E-state index in [9.17, 15) is 43.8 Å². The lowest BCUT2D eigenvalue weighted by molar-refractivity contribution is -0.138. The minimum absolute atomic E-state index is 0.107. The fourth-order valence-electron chi connectivity index (χ4n) is 15.1. The number of piperidine rings is 2. The van der Waals surface area contributed by atoms with Gasteiger partial charge in [0.1, 0.15) is 52.9 Å². The number of thiophene rings is 2. The average molecular weight is 1690 g/mol. The number of nitrogens with zero attached hydrogens (tertiary/aromatic N) is 5. The fourth-order valence-corrected chi connectivity index (χ4v) is 17.9. The monoisotopic (exact) mass is 1690 g/mol. The largest absolute Gasteiger partial charge is 0.508 e. The predicted octanol–water partition coefficient (Wildman–Crippen LogP) is 15.5. The molecule has 4 saturated heterocycles. The molecule has 2 atom stereocenters. The van der Waals surface area contributed by atoms with Crippen LogP contribution in [0.3, 0.4) is 0 Å². The molecular weight excluding hydrogens is 1600 g/mol. The first-order chi connectivity index (χ1) is 55.0. The van der Waals surface area contributed by atoms with Crippen molar-refractivity contribution < 1.29 is 62.7 Å². The van der Waals surface area contributed by atoms with Crippen LogP contribution in [-0.4, -0.2) is 174 Å². The summed E-state index contributed by atoms with van der Waals surface area (Å²) >= 11 is 10.2. The number of unbranched alkanes of at least 4 members (excludes halogenated alkanes) is 2. The van der Waals surface area contributed by atoms with Crippen LogP contribution in [0.1, 0.15) is 107 Å².